The first-order valence-electron chi connectivity index (χ1n) is 6.03. The van der Waals surface area contributed by atoms with E-state index in [9.17, 15) is 13.2 Å². The van der Waals surface area contributed by atoms with Crippen LogP contribution in [0.2, 0.25) is 0 Å². The molecule has 0 saturated carbocycles. The molecule has 1 aromatic rings. The van der Waals surface area contributed by atoms with Crippen molar-refractivity contribution in [1.29, 1.82) is 0 Å². The number of rotatable bonds is 2. The van der Waals surface area contributed by atoms with Crippen LogP contribution in [0.5, 0.6) is 0 Å². The van der Waals surface area contributed by atoms with Crippen molar-refractivity contribution in [3.8, 4) is 0 Å². The van der Waals surface area contributed by atoms with E-state index in [1.165, 1.54) is 17.4 Å². The molecule has 1 aliphatic heterocycles. The molecule has 2 N–H and O–H groups in total. The summed E-state index contributed by atoms with van der Waals surface area (Å²) in [6.07, 6.45) is 0.963. The number of primary sulfonamides is 1. The number of aryl methyl sites for hydroxylation is 1. The maximum atomic E-state index is 12.3. The van der Waals surface area contributed by atoms with E-state index in [-0.39, 0.29) is 16.2 Å². The highest BCUT2D eigenvalue weighted by molar-refractivity contribution is 7.89. The minimum Gasteiger partial charge on any atom is -0.337 e. The quantitative estimate of drug-likeness (QED) is 0.900. The lowest BCUT2D eigenvalue weighted by Gasteiger charge is -2.19. The smallest absolute Gasteiger partial charge is 0.263 e. The third kappa shape index (κ3) is 2.98. The molecule has 1 fully saturated rings. The first-order chi connectivity index (χ1) is 8.60. The third-order valence-electron chi connectivity index (χ3n) is 3.35. The number of hydrogen-bond acceptors (Lipinski definition) is 4. The molecule has 5 nitrogen and oxygen atoms in total. The number of likely N-dealkylation sites (tertiary alicyclic amines) is 1. The van der Waals surface area contributed by atoms with Gasteiger partial charge >= 0.3 is 0 Å². The highest BCUT2D eigenvalue weighted by Gasteiger charge is 2.33. The maximum Gasteiger partial charge on any atom is 0.263 e. The summed E-state index contributed by atoms with van der Waals surface area (Å²) in [6.45, 7) is 7.32. The normalized spacial score (nSPS) is 18.8. The number of carbonyl (C=O) groups excluding carboxylic acids is 1. The number of sulfonamides is 1. The summed E-state index contributed by atoms with van der Waals surface area (Å²) < 4.78 is 22.7. The third-order valence-corrected chi connectivity index (χ3v) is 5.56. The average Bonchev–Trinajstić information content (AvgIpc) is 2.79. The number of hydrogen-bond donors (Lipinski definition) is 1. The van der Waals surface area contributed by atoms with Crippen molar-refractivity contribution in [2.24, 2.45) is 10.6 Å². The van der Waals surface area contributed by atoms with E-state index in [1.807, 2.05) is 0 Å². The minimum absolute atomic E-state index is 0.0549. The second-order valence-electron chi connectivity index (χ2n) is 5.72. The Morgan fingerprint density at radius 1 is 1.47 bits per heavy atom. The van der Waals surface area contributed by atoms with Crippen LogP contribution in [0.3, 0.4) is 0 Å². The molecule has 0 atom stereocenters. The van der Waals surface area contributed by atoms with Gasteiger partial charge in [0.2, 0.25) is 10.0 Å². The lowest BCUT2D eigenvalue weighted by Crippen LogP contribution is -2.29. The fraction of sp³-hybridized carbons (Fsp3) is 0.583. The molecule has 0 bridgehead atoms. The molecule has 1 aliphatic rings. The minimum atomic E-state index is -3.75. The molecule has 1 saturated heterocycles. The molecule has 19 heavy (non-hydrogen) atoms. The van der Waals surface area contributed by atoms with E-state index < -0.39 is 10.0 Å². The van der Waals surface area contributed by atoms with Crippen LogP contribution in [-0.4, -0.2) is 32.3 Å². The predicted molar refractivity (Wildman–Crippen MR) is 74.7 cm³/mol. The Labute approximate surface area is 117 Å². The van der Waals surface area contributed by atoms with Crippen LogP contribution in [0.15, 0.2) is 11.0 Å². The van der Waals surface area contributed by atoms with Crippen LogP contribution < -0.4 is 5.14 Å². The molecule has 0 aliphatic carbocycles. The van der Waals surface area contributed by atoms with Gasteiger partial charge < -0.3 is 4.90 Å². The second-order valence-corrected chi connectivity index (χ2v) is 8.50. The highest BCUT2D eigenvalue weighted by atomic mass is 32.2. The number of nitrogens with two attached hydrogens (primary N) is 1. The van der Waals surface area contributed by atoms with Gasteiger partial charge in [-0.2, -0.15) is 0 Å². The Bertz CT molecular complexity index is 617. The van der Waals surface area contributed by atoms with Crippen molar-refractivity contribution in [1.82, 2.24) is 4.90 Å². The lowest BCUT2D eigenvalue weighted by molar-refractivity contribution is 0.0783. The van der Waals surface area contributed by atoms with Crippen LogP contribution in [0.1, 0.15) is 34.8 Å². The molecule has 1 aromatic heterocycles. The van der Waals surface area contributed by atoms with Crippen molar-refractivity contribution < 1.29 is 13.2 Å². The lowest BCUT2D eigenvalue weighted by atomic mass is 9.93. The molecule has 0 spiro atoms. The molecule has 106 valence electrons. The summed E-state index contributed by atoms with van der Waals surface area (Å²) in [7, 11) is -3.75. The van der Waals surface area contributed by atoms with E-state index in [0.717, 1.165) is 6.42 Å². The van der Waals surface area contributed by atoms with E-state index in [4.69, 9.17) is 5.14 Å². The van der Waals surface area contributed by atoms with Gasteiger partial charge in [-0.1, -0.05) is 13.8 Å². The van der Waals surface area contributed by atoms with E-state index >= 15 is 0 Å². The van der Waals surface area contributed by atoms with Gasteiger partial charge in [0.1, 0.15) is 0 Å². The number of amides is 1. The summed E-state index contributed by atoms with van der Waals surface area (Å²) in [5.74, 6) is -0.103. The van der Waals surface area contributed by atoms with Crippen LogP contribution >= 0.6 is 11.3 Å². The first kappa shape index (κ1) is 14.5. The van der Waals surface area contributed by atoms with Crippen LogP contribution in [-0.2, 0) is 10.0 Å². The summed E-state index contributed by atoms with van der Waals surface area (Å²) in [5.41, 5.74) is 0.130. The molecule has 7 heteroatoms. The van der Waals surface area contributed by atoms with Gasteiger partial charge in [-0.3, -0.25) is 4.79 Å². The zero-order valence-corrected chi connectivity index (χ0v) is 12.9. The monoisotopic (exact) mass is 302 g/mol. The Kier molecular flexibility index (Phi) is 3.49. The Morgan fingerprint density at radius 3 is 2.53 bits per heavy atom. The average molecular weight is 302 g/mol. The van der Waals surface area contributed by atoms with Gasteiger partial charge in [-0.25, -0.2) is 13.6 Å². The van der Waals surface area contributed by atoms with Crippen molar-refractivity contribution in [2.75, 3.05) is 13.1 Å². The van der Waals surface area contributed by atoms with Crippen molar-refractivity contribution in [3.05, 3.63) is 15.8 Å². The zero-order chi connectivity index (χ0) is 14.4. The van der Waals surface area contributed by atoms with Gasteiger partial charge in [-0.15, -0.1) is 11.3 Å². The molecule has 0 unspecified atom stereocenters. The first-order valence-corrected chi connectivity index (χ1v) is 8.39. The number of carbonyl (C=O) groups is 1. The number of nitrogens with zero attached hydrogens (tertiary/aromatic N) is 1. The van der Waals surface area contributed by atoms with Gasteiger partial charge in [0, 0.05) is 18.0 Å². The Balaban J connectivity index is 2.27. The van der Waals surface area contributed by atoms with Gasteiger partial charge in [0.05, 0.1) is 9.77 Å². The predicted octanol–water partition coefficient (Wildman–Crippen LogP) is 1.58. The van der Waals surface area contributed by atoms with Crippen molar-refractivity contribution in [3.63, 3.8) is 0 Å². The second kappa shape index (κ2) is 4.57. The number of thiophene rings is 1. The standard InChI is InChI=1S/C12H18N2O3S2/c1-8-10(19(13,16)17)6-9(18-8)11(15)14-5-4-12(2,3)7-14/h6H,4-5,7H2,1-3H3,(H2,13,16,17). The molecule has 0 aromatic carbocycles. The zero-order valence-electron chi connectivity index (χ0n) is 11.3. The highest BCUT2D eigenvalue weighted by Crippen LogP contribution is 2.32. The summed E-state index contributed by atoms with van der Waals surface area (Å²) >= 11 is 1.19. The SMILES string of the molecule is Cc1sc(C(=O)N2CCC(C)(C)C2)cc1S(N)(=O)=O. The molecule has 0 radical (unpaired) electrons. The molecular weight excluding hydrogens is 284 g/mol. The van der Waals surface area contributed by atoms with Crippen LogP contribution in [0.25, 0.3) is 0 Å². The topological polar surface area (TPSA) is 80.5 Å². The molecule has 2 heterocycles. The van der Waals surface area contributed by atoms with E-state index in [2.05, 4.69) is 13.8 Å². The van der Waals surface area contributed by atoms with E-state index in [1.54, 1.807) is 11.8 Å². The van der Waals surface area contributed by atoms with E-state index in [0.29, 0.717) is 22.8 Å². The Morgan fingerprint density at radius 2 is 2.11 bits per heavy atom. The van der Waals surface area contributed by atoms with Gasteiger partial charge in [-0.05, 0) is 24.8 Å². The maximum absolute atomic E-state index is 12.3. The largest absolute Gasteiger partial charge is 0.337 e. The molecule has 1 amide bonds. The summed E-state index contributed by atoms with van der Waals surface area (Å²) in [5, 5.41) is 5.12. The van der Waals surface area contributed by atoms with Gasteiger partial charge in [0.15, 0.2) is 0 Å². The van der Waals surface area contributed by atoms with Crippen molar-refractivity contribution >= 4 is 27.3 Å². The van der Waals surface area contributed by atoms with Crippen LogP contribution in [0.4, 0.5) is 0 Å². The summed E-state index contributed by atoms with van der Waals surface area (Å²) in [6, 6.07) is 1.39. The van der Waals surface area contributed by atoms with Crippen LogP contribution in [0, 0.1) is 12.3 Å². The summed E-state index contributed by atoms with van der Waals surface area (Å²) in [4.78, 5) is 15.2. The molecule has 2 rings (SSSR count). The fourth-order valence-electron chi connectivity index (χ4n) is 2.29. The fourth-order valence-corrected chi connectivity index (χ4v) is 4.41. The van der Waals surface area contributed by atoms with Crippen molar-refractivity contribution in [2.45, 2.75) is 32.1 Å². The Hall–Kier alpha value is -0.920. The molecular formula is C12H18N2O3S2. The van der Waals surface area contributed by atoms with Gasteiger partial charge in [0.25, 0.3) is 5.91 Å².